The number of hydrogen-bond acceptors (Lipinski definition) is 4. The van der Waals surface area contributed by atoms with Gasteiger partial charge in [-0.2, -0.15) is 5.26 Å². The lowest BCUT2D eigenvalue weighted by atomic mass is 9.83. The number of anilines is 2. The summed E-state index contributed by atoms with van der Waals surface area (Å²) in [5, 5.41) is 14.4. The van der Waals surface area contributed by atoms with Crippen LogP contribution in [0.25, 0.3) is 0 Å². The van der Waals surface area contributed by atoms with Gasteiger partial charge in [-0.05, 0) is 73.0 Å². The van der Waals surface area contributed by atoms with E-state index >= 15 is 0 Å². The maximum Gasteiger partial charge on any atom is 0.321 e. The third-order valence-corrected chi connectivity index (χ3v) is 6.51. The summed E-state index contributed by atoms with van der Waals surface area (Å²) in [6, 6.07) is 17.0. The van der Waals surface area contributed by atoms with Crippen LogP contribution in [0, 0.1) is 23.1 Å². The molecule has 2 atom stereocenters. The van der Waals surface area contributed by atoms with Crippen molar-refractivity contribution in [3.8, 4) is 6.07 Å². The normalized spacial score (nSPS) is 18.2. The van der Waals surface area contributed by atoms with Crippen LogP contribution in [0.1, 0.15) is 34.0 Å². The molecule has 2 bridgehead atoms. The molecule has 0 saturated carbocycles. The number of carbonyl (C=O) groups is 2. The van der Waals surface area contributed by atoms with Gasteiger partial charge in [0, 0.05) is 42.5 Å². The Balaban J connectivity index is 1.31. The maximum absolute atomic E-state index is 13.2. The van der Waals surface area contributed by atoms with Gasteiger partial charge < -0.3 is 20.1 Å². The fourth-order valence-corrected chi connectivity index (χ4v) is 4.83. The van der Waals surface area contributed by atoms with E-state index in [0.29, 0.717) is 36.4 Å². The van der Waals surface area contributed by atoms with Crippen LogP contribution in [0.2, 0.25) is 0 Å². The molecule has 0 spiro atoms. The predicted octanol–water partition coefficient (Wildman–Crippen LogP) is 3.76. The number of piperidine rings is 1. The number of halogens is 1. The largest absolute Gasteiger partial charge is 0.324 e. The van der Waals surface area contributed by atoms with Gasteiger partial charge in [-0.3, -0.25) is 9.59 Å². The number of pyridine rings is 1. The number of hydrogen-bond donors (Lipinski definition) is 2. The zero-order valence-electron chi connectivity index (χ0n) is 18.7. The number of nitrogens with zero attached hydrogens (tertiary/aromatic N) is 3. The van der Waals surface area contributed by atoms with Crippen LogP contribution < -0.4 is 16.2 Å². The highest BCUT2D eigenvalue weighted by molar-refractivity contribution is 6.04. The SMILES string of the molecule is N#Cc1ccc(C(=O)Nc2ccc3n(c2=O)C[C@@H]2C[C@@H]3CN(C(=O)Nc3ccc(F)cc3)C2)cc1. The number of urea groups is 1. The Hall–Kier alpha value is -4.45. The molecule has 2 aromatic carbocycles. The number of amides is 3. The lowest BCUT2D eigenvalue weighted by Gasteiger charge is -2.42. The molecule has 3 amide bonds. The third-order valence-electron chi connectivity index (χ3n) is 6.51. The molecule has 176 valence electrons. The molecule has 1 saturated heterocycles. The molecule has 0 unspecified atom stereocenters. The number of aromatic nitrogens is 1. The lowest BCUT2D eigenvalue weighted by molar-refractivity contribution is 0.102. The third kappa shape index (κ3) is 4.51. The number of nitriles is 1. The Morgan fingerprint density at radius 3 is 2.40 bits per heavy atom. The summed E-state index contributed by atoms with van der Waals surface area (Å²) in [7, 11) is 0. The van der Waals surface area contributed by atoms with Crippen molar-refractivity contribution in [3.63, 3.8) is 0 Å². The van der Waals surface area contributed by atoms with Gasteiger partial charge in [0.1, 0.15) is 11.5 Å². The van der Waals surface area contributed by atoms with Gasteiger partial charge in [0.25, 0.3) is 11.5 Å². The lowest BCUT2D eigenvalue weighted by Crippen LogP contribution is -2.50. The molecule has 35 heavy (non-hydrogen) atoms. The highest BCUT2D eigenvalue weighted by Gasteiger charge is 2.36. The van der Waals surface area contributed by atoms with Crippen LogP contribution >= 0.6 is 0 Å². The van der Waals surface area contributed by atoms with E-state index in [1.54, 1.807) is 39.8 Å². The number of nitrogens with one attached hydrogen (secondary N) is 2. The number of carbonyl (C=O) groups excluding carboxylic acids is 2. The zero-order valence-corrected chi connectivity index (χ0v) is 18.7. The van der Waals surface area contributed by atoms with Crippen LogP contribution in [0.15, 0.2) is 65.5 Å². The van der Waals surface area contributed by atoms with Crippen LogP contribution in [-0.4, -0.2) is 34.5 Å². The Morgan fingerprint density at radius 2 is 1.69 bits per heavy atom. The van der Waals surface area contributed by atoms with Crippen LogP contribution in [0.5, 0.6) is 0 Å². The van der Waals surface area contributed by atoms with Crippen molar-refractivity contribution in [2.24, 2.45) is 5.92 Å². The molecule has 9 heteroatoms. The Bertz CT molecular complexity index is 1390. The molecule has 8 nitrogen and oxygen atoms in total. The van der Waals surface area contributed by atoms with Gasteiger partial charge in [0.15, 0.2) is 0 Å². The molecular weight excluding hydrogens is 449 g/mol. The summed E-state index contributed by atoms with van der Waals surface area (Å²) in [4.78, 5) is 40.3. The summed E-state index contributed by atoms with van der Waals surface area (Å²) in [5.41, 5.74) is 2.07. The first kappa shape index (κ1) is 22.3. The topological polar surface area (TPSA) is 107 Å². The van der Waals surface area contributed by atoms with E-state index in [-0.39, 0.29) is 34.9 Å². The molecule has 1 fully saturated rings. The van der Waals surface area contributed by atoms with Gasteiger partial charge in [-0.15, -0.1) is 0 Å². The van der Waals surface area contributed by atoms with Crippen molar-refractivity contribution < 1.29 is 14.0 Å². The molecule has 0 aliphatic carbocycles. The molecule has 3 heterocycles. The maximum atomic E-state index is 13.2. The van der Waals surface area contributed by atoms with E-state index in [1.807, 2.05) is 12.1 Å². The van der Waals surface area contributed by atoms with Gasteiger partial charge in [0.2, 0.25) is 0 Å². The van der Waals surface area contributed by atoms with Gasteiger partial charge in [-0.1, -0.05) is 0 Å². The van der Waals surface area contributed by atoms with Gasteiger partial charge in [-0.25, -0.2) is 9.18 Å². The Labute approximate surface area is 200 Å². The first-order valence-electron chi connectivity index (χ1n) is 11.3. The van der Waals surface area contributed by atoms with Crippen LogP contribution in [0.4, 0.5) is 20.6 Å². The van der Waals surface area contributed by atoms with Crippen LogP contribution in [-0.2, 0) is 6.54 Å². The molecule has 0 radical (unpaired) electrons. The smallest absolute Gasteiger partial charge is 0.321 e. The minimum absolute atomic E-state index is 0.00237. The molecule has 3 aromatic rings. The first-order chi connectivity index (χ1) is 16.9. The summed E-state index contributed by atoms with van der Waals surface area (Å²) in [6.07, 6.45) is 0.872. The minimum Gasteiger partial charge on any atom is -0.324 e. The van der Waals surface area contributed by atoms with E-state index in [4.69, 9.17) is 5.26 Å². The molecule has 2 aliphatic rings. The monoisotopic (exact) mass is 471 g/mol. The van der Waals surface area contributed by atoms with Crippen molar-refractivity contribution in [1.82, 2.24) is 9.47 Å². The van der Waals surface area contributed by atoms with Gasteiger partial charge >= 0.3 is 6.03 Å². The summed E-state index contributed by atoms with van der Waals surface area (Å²) >= 11 is 0. The zero-order chi connectivity index (χ0) is 24.5. The highest BCUT2D eigenvalue weighted by atomic mass is 19.1. The fourth-order valence-electron chi connectivity index (χ4n) is 4.83. The van der Waals surface area contributed by atoms with E-state index in [9.17, 15) is 18.8 Å². The van der Waals surface area contributed by atoms with E-state index in [1.165, 1.54) is 24.3 Å². The average Bonchev–Trinajstić information content (AvgIpc) is 2.87. The van der Waals surface area contributed by atoms with Gasteiger partial charge in [0.05, 0.1) is 11.6 Å². The molecule has 2 aliphatic heterocycles. The van der Waals surface area contributed by atoms with Crippen molar-refractivity contribution in [1.29, 1.82) is 5.26 Å². The highest BCUT2D eigenvalue weighted by Crippen LogP contribution is 2.35. The fraction of sp³-hybridized carbons (Fsp3) is 0.231. The second-order valence-electron chi connectivity index (χ2n) is 8.87. The summed E-state index contributed by atoms with van der Waals surface area (Å²) in [6.45, 7) is 1.41. The van der Waals surface area contributed by atoms with E-state index < -0.39 is 5.91 Å². The number of fused-ring (bicyclic) bond motifs is 4. The summed E-state index contributed by atoms with van der Waals surface area (Å²) in [5.74, 6) is -0.698. The van der Waals surface area contributed by atoms with Crippen molar-refractivity contribution >= 4 is 23.3 Å². The Kier molecular flexibility index (Phi) is 5.79. The molecule has 5 rings (SSSR count). The summed E-state index contributed by atoms with van der Waals surface area (Å²) < 4.78 is 14.8. The van der Waals surface area contributed by atoms with Crippen molar-refractivity contribution in [3.05, 3.63) is 93.7 Å². The molecular formula is C26H22FN5O3. The minimum atomic E-state index is -0.424. The Morgan fingerprint density at radius 1 is 0.943 bits per heavy atom. The molecule has 1 aromatic heterocycles. The predicted molar refractivity (Wildman–Crippen MR) is 128 cm³/mol. The van der Waals surface area contributed by atoms with E-state index in [0.717, 1.165) is 12.1 Å². The first-order valence-corrected chi connectivity index (χ1v) is 11.3. The van der Waals surface area contributed by atoms with Crippen molar-refractivity contribution in [2.45, 2.75) is 18.9 Å². The average molecular weight is 471 g/mol. The number of rotatable bonds is 3. The number of likely N-dealkylation sites (tertiary alicyclic amines) is 1. The van der Waals surface area contributed by atoms with Crippen molar-refractivity contribution in [2.75, 3.05) is 23.7 Å². The standard InChI is InChI=1S/C26H22FN5O3/c27-20-5-7-21(8-6-20)29-26(35)31-13-17-11-19(15-31)23-10-9-22(25(34)32(23)14-17)30-24(33)18-3-1-16(12-28)2-4-18/h1-10,17,19H,11,13-15H2,(H,29,35)(H,30,33)/t17-,19-/m1/s1. The van der Waals surface area contributed by atoms with E-state index in [2.05, 4.69) is 10.6 Å². The second-order valence-corrected chi connectivity index (χ2v) is 8.87. The quantitative estimate of drug-likeness (QED) is 0.606. The molecule has 2 N–H and O–H groups in total. The second kappa shape index (κ2) is 9.06. The number of benzene rings is 2. The van der Waals surface area contributed by atoms with Crippen LogP contribution in [0.3, 0.4) is 0 Å².